The zero-order valence-electron chi connectivity index (χ0n) is 16.7. The van der Waals surface area contributed by atoms with E-state index in [-0.39, 0.29) is 30.2 Å². The van der Waals surface area contributed by atoms with Gasteiger partial charge in [-0.05, 0) is 37.5 Å². The molecule has 1 fully saturated rings. The van der Waals surface area contributed by atoms with E-state index in [0.717, 1.165) is 37.3 Å². The number of rotatable bonds is 6. The van der Waals surface area contributed by atoms with Crippen LogP contribution >= 0.6 is 0 Å². The minimum absolute atomic E-state index is 0.213. The van der Waals surface area contributed by atoms with Gasteiger partial charge in [-0.2, -0.15) is 5.10 Å². The molecule has 0 atom stereocenters. The number of carbonyl (C=O) groups excluding carboxylic acids is 1. The van der Waals surface area contributed by atoms with Crippen molar-refractivity contribution < 1.29 is 4.79 Å². The van der Waals surface area contributed by atoms with Gasteiger partial charge in [0.05, 0.1) is 12.2 Å². The first-order valence-corrected chi connectivity index (χ1v) is 10.2. The highest BCUT2D eigenvalue weighted by Gasteiger charge is 2.14. The molecule has 3 heterocycles. The number of nitrogens with one attached hydrogen (secondary N) is 1. The van der Waals surface area contributed by atoms with Crippen LogP contribution in [0.1, 0.15) is 29.8 Å². The fourth-order valence-corrected chi connectivity index (χ4v) is 3.48. The summed E-state index contributed by atoms with van der Waals surface area (Å²) in [4.78, 5) is 26.6. The lowest BCUT2D eigenvalue weighted by Crippen LogP contribution is -2.33. The normalized spacial score (nSPS) is 13.8. The number of aromatic nitrogens is 4. The average molecular weight is 404 g/mol. The van der Waals surface area contributed by atoms with Gasteiger partial charge in [0.15, 0.2) is 11.5 Å². The van der Waals surface area contributed by atoms with Gasteiger partial charge in [-0.25, -0.2) is 4.68 Å². The molecule has 0 bridgehead atoms. The molecule has 0 radical (unpaired) electrons. The molecule has 0 saturated carbocycles. The largest absolute Gasteiger partial charge is 0.355 e. The first-order chi connectivity index (χ1) is 14.7. The molecule has 0 aliphatic carbocycles. The molecule has 1 aromatic carbocycles. The van der Waals surface area contributed by atoms with Crippen molar-refractivity contribution in [2.75, 3.05) is 24.5 Å². The predicted octanol–water partition coefficient (Wildman–Crippen LogP) is 2.12. The number of carbonyl (C=O) groups is 1. The number of hydrogen-bond donors (Lipinski definition) is 1. The zero-order chi connectivity index (χ0) is 20.8. The van der Waals surface area contributed by atoms with Crippen molar-refractivity contribution in [2.45, 2.75) is 25.8 Å². The van der Waals surface area contributed by atoms with E-state index in [4.69, 9.17) is 0 Å². The van der Waals surface area contributed by atoms with E-state index in [0.29, 0.717) is 5.69 Å². The maximum Gasteiger partial charge on any atom is 0.271 e. The van der Waals surface area contributed by atoms with Crippen LogP contribution in [0.5, 0.6) is 0 Å². The Kier molecular flexibility index (Phi) is 6.12. The van der Waals surface area contributed by atoms with Gasteiger partial charge in [0.1, 0.15) is 0 Å². The molecular formula is C22H24N6O2. The Morgan fingerprint density at radius 1 is 0.933 bits per heavy atom. The maximum atomic E-state index is 12.4. The van der Waals surface area contributed by atoms with E-state index in [2.05, 4.69) is 25.5 Å². The Labute approximate surface area is 174 Å². The molecule has 1 N–H and O–H groups in total. The number of piperidine rings is 1. The summed E-state index contributed by atoms with van der Waals surface area (Å²) in [5.74, 6) is 0.486. The molecule has 1 aliphatic heterocycles. The lowest BCUT2D eigenvalue weighted by molar-refractivity contribution is 0.0945. The van der Waals surface area contributed by atoms with Crippen LogP contribution in [0.3, 0.4) is 0 Å². The Bertz CT molecular complexity index is 1040. The van der Waals surface area contributed by atoms with Crippen LogP contribution in [0.2, 0.25) is 0 Å². The minimum Gasteiger partial charge on any atom is -0.355 e. The van der Waals surface area contributed by atoms with Crippen molar-refractivity contribution in [3.63, 3.8) is 0 Å². The van der Waals surface area contributed by atoms with Crippen molar-refractivity contribution in [3.05, 3.63) is 70.6 Å². The standard InChI is InChI=1S/C22H24N6O2/c29-21-12-10-18(17-7-3-1-4-8-17)26-28(21)16-13-23-22(30)19-9-11-20(25-24-19)27-14-5-2-6-15-27/h1,3-4,7-12H,2,5-6,13-16H2,(H,23,30). The first-order valence-electron chi connectivity index (χ1n) is 10.2. The summed E-state index contributed by atoms with van der Waals surface area (Å²) in [6, 6.07) is 16.4. The summed E-state index contributed by atoms with van der Waals surface area (Å²) in [7, 11) is 0. The third-order valence-corrected chi connectivity index (χ3v) is 5.11. The zero-order valence-corrected chi connectivity index (χ0v) is 16.7. The van der Waals surface area contributed by atoms with Gasteiger partial charge in [-0.3, -0.25) is 9.59 Å². The fraction of sp³-hybridized carbons (Fsp3) is 0.318. The topological polar surface area (TPSA) is 93.0 Å². The molecule has 1 amide bonds. The molecule has 0 unspecified atom stereocenters. The van der Waals surface area contributed by atoms with Crippen LogP contribution in [-0.2, 0) is 6.54 Å². The average Bonchev–Trinajstić information content (AvgIpc) is 2.81. The lowest BCUT2D eigenvalue weighted by Gasteiger charge is -2.27. The smallest absolute Gasteiger partial charge is 0.271 e. The van der Waals surface area contributed by atoms with E-state index >= 15 is 0 Å². The van der Waals surface area contributed by atoms with Crippen LogP contribution in [0.15, 0.2) is 59.4 Å². The number of hydrogen-bond acceptors (Lipinski definition) is 6. The summed E-state index contributed by atoms with van der Waals surface area (Å²) in [6.45, 7) is 2.48. The maximum absolute atomic E-state index is 12.4. The molecule has 30 heavy (non-hydrogen) atoms. The van der Waals surface area contributed by atoms with E-state index < -0.39 is 0 Å². The second-order valence-corrected chi connectivity index (χ2v) is 7.23. The molecular weight excluding hydrogens is 380 g/mol. The third kappa shape index (κ3) is 4.71. The van der Waals surface area contributed by atoms with E-state index in [1.807, 2.05) is 36.4 Å². The van der Waals surface area contributed by atoms with Gasteiger partial charge in [0.2, 0.25) is 0 Å². The highest BCUT2D eigenvalue weighted by molar-refractivity contribution is 5.92. The van der Waals surface area contributed by atoms with Gasteiger partial charge in [0, 0.05) is 31.3 Å². The van der Waals surface area contributed by atoms with Crippen molar-refractivity contribution in [1.82, 2.24) is 25.3 Å². The van der Waals surface area contributed by atoms with Gasteiger partial charge in [-0.15, -0.1) is 10.2 Å². The monoisotopic (exact) mass is 404 g/mol. The minimum atomic E-state index is -0.319. The summed E-state index contributed by atoms with van der Waals surface area (Å²) in [5.41, 5.74) is 1.68. The van der Waals surface area contributed by atoms with E-state index in [1.165, 1.54) is 17.2 Å². The van der Waals surface area contributed by atoms with Crippen molar-refractivity contribution in [2.24, 2.45) is 0 Å². The van der Waals surface area contributed by atoms with E-state index in [9.17, 15) is 9.59 Å². The second-order valence-electron chi connectivity index (χ2n) is 7.23. The molecule has 1 saturated heterocycles. The van der Waals surface area contributed by atoms with E-state index in [1.54, 1.807) is 12.1 Å². The first kappa shape index (κ1) is 19.8. The Morgan fingerprint density at radius 3 is 2.47 bits per heavy atom. The molecule has 1 aliphatic rings. The number of benzene rings is 1. The van der Waals surface area contributed by atoms with Crippen molar-refractivity contribution in [3.8, 4) is 11.3 Å². The molecule has 4 rings (SSSR count). The van der Waals surface area contributed by atoms with Crippen LogP contribution in [0.25, 0.3) is 11.3 Å². The highest BCUT2D eigenvalue weighted by atomic mass is 16.2. The summed E-state index contributed by atoms with van der Waals surface area (Å²) < 4.78 is 1.35. The second kappa shape index (κ2) is 9.30. The molecule has 8 heteroatoms. The summed E-state index contributed by atoms with van der Waals surface area (Å²) >= 11 is 0. The van der Waals surface area contributed by atoms with Gasteiger partial charge >= 0.3 is 0 Å². The summed E-state index contributed by atoms with van der Waals surface area (Å²) in [6.07, 6.45) is 3.56. The molecule has 3 aromatic rings. The van der Waals surface area contributed by atoms with Gasteiger partial charge < -0.3 is 10.2 Å². The fourth-order valence-electron chi connectivity index (χ4n) is 3.48. The molecule has 154 valence electrons. The third-order valence-electron chi connectivity index (χ3n) is 5.11. The lowest BCUT2D eigenvalue weighted by atomic mass is 10.1. The van der Waals surface area contributed by atoms with Crippen molar-refractivity contribution in [1.29, 1.82) is 0 Å². The number of amides is 1. The molecule has 8 nitrogen and oxygen atoms in total. The van der Waals surface area contributed by atoms with Crippen molar-refractivity contribution >= 4 is 11.7 Å². The predicted molar refractivity (Wildman–Crippen MR) is 114 cm³/mol. The molecule has 0 spiro atoms. The van der Waals surface area contributed by atoms with Gasteiger partial charge in [-0.1, -0.05) is 30.3 Å². The van der Waals surface area contributed by atoms with Crippen LogP contribution < -0.4 is 15.8 Å². The highest BCUT2D eigenvalue weighted by Crippen LogP contribution is 2.16. The summed E-state index contributed by atoms with van der Waals surface area (Å²) in [5, 5.41) is 15.4. The van der Waals surface area contributed by atoms with Gasteiger partial charge in [0.25, 0.3) is 11.5 Å². The van der Waals surface area contributed by atoms with Crippen LogP contribution in [-0.4, -0.2) is 45.5 Å². The Hall–Kier alpha value is -3.55. The SMILES string of the molecule is O=C(NCCn1nc(-c2ccccc2)ccc1=O)c1ccc(N2CCCCC2)nn1. The molecule has 2 aromatic heterocycles. The van der Waals surface area contributed by atoms with Crippen LogP contribution in [0, 0.1) is 0 Å². The quantitative estimate of drug-likeness (QED) is 0.677. The number of nitrogens with zero attached hydrogens (tertiary/aromatic N) is 5. The Balaban J connectivity index is 1.35. The number of anilines is 1. The van der Waals surface area contributed by atoms with Crippen LogP contribution in [0.4, 0.5) is 5.82 Å². The Morgan fingerprint density at radius 2 is 1.73 bits per heavy atom.